The average Bonchev–Trinajstić information content (AvgIpc) is 3.28. The molecule has 4 aromatic rings. The fraction of sp³-hybridized carbons (Fsp3) is 0.321. The van der Waals surface area contributed by atoms with Gasteiger partial charge in [-0.3, -0.25) is 9.59 Å². The fourth-order valence-corrected chi connectivity index (χ4v) is 4.41. The maximum Gasteiger partial charge on any atom is 0.257 e. The highest BCUT2D eigenvalue weighted by molar-refractivity contribution is 5.97. The molecule has 39 heavy (non-hydrogen) atoms. The number of ether oxygens (including phenoxy) is 2. The van der Waals surface area contributed by atoms with Gasteiger partial charge in [-0.05, 0) is 49.9 Å². The Morgan fingerprint density at radius 1 is 1.18 bits per heavy atom. The number of nitrogens with one attached hydrogen (secondary N) is 2. The van der Waals surface area contributed by atoms with E-state index in [1.165, 1.54) is 26.5 Å². The van der Waals surface area contributed by atoms with Gasteiger partial charge in [0.2, 0.25) is 11.8 Å². The predicted octanol–water partition coefficient (Wildman–Crippen LogP) is 4.31. The van der Waals surface area contributed by atoms with Crippen LogP contribution in [-0.4, -0.2) is 45.1 Å². The Balaban J connectivity index is 1.39. The third-order valence-electron chi connectivity index (χ3n) is 6.69. The van der Waals surface area contributed by atoms with E-state index in [-0.39, 0.29) is 29.6 Å². The number of methoxy groups -OCH3 is 1. The standard InChI is InChI=1S/C28H29FN6O4/c1-16-20(23-10-11-25-33-24(32-17(2)36)14-35(25)34-23)12-21(28(31-16)38-3)27(37)30-13-19-8-5-9-22(29)26(19)39-15-18-6-4-7-18/h5,8-12,14,18H,4,6-7,13,15H2,1-3H3,(H,30,37)(H,32,36). The summed E-state index contributed by atoms with van der Waals surface area (Å²) in [7, 11) is 1.44. The summed E-state index contributed by atoms with van der Waals surface area (Å²) in [6.07, 6.45) is 4.94. The summed E-state index contributed by atoms with van der Waals surface area (Å²) in [5.74, 6) is 0.0134. The van der Waals surface area contributed by atoms with Gasteiger partial charge in [0.25, 0.3) is 5.91 Å². The molecular weight excluding hydrogens is 503 g/mol. The van der Waals surface area contributed by atoms with Crippen molar-refractivity contribution < 1.29 is 23.5 Å². The number of halogens is 1. The zero-order valence-corrected chi connectivity index (χ0v) is 22.0. The molecule has 0 spiro atoms. The van der Waals surface area contributed by atoms with Gasteiger partial charge in [0.05, 0.1) is 31.3 Å². The van der Waals surface area contributed by atoms with Gasteiger partial charge in [0.15, 0.2) is 23.0 Å². The lowest BCUT2D eigenvalue weighted by Gasteiger charge is -2.25. The molecule has 11 heteroatoms. The monoisotopic (exact) mass is 532 g/mol. The highest BCUT2D eigenvalue weighted by Gasteiger charge is 2.22. The number of rotatable bonds is 9. The van der Waals surface area contributed by atoms with E-state index >= 15 is 0 Å². The second kappa shape index (κ2) is 11.1. The number of hydrogen-bond acceptors (Lipinski definition) is 7. The minimum absolute atomic E-state index is 0.0636. The van der Waals surface area contributed by atoms with Crippen molar-refractivity contribution in [3.8, 4) is 22.9 Å². The Hall–Kier alpha value is -4.54. The van der Waals surface area contributed by atoms with Crippen molar-refractivity contribution in [1.82, 2.24) is 24.9 Å². The molecule has 1 aliphatic carbocycles. The Kier molecular flexibility index (Phi) is 7.40. The average molecular weight is 533 g/mol. The predicted molar refractivity (Wildman–Crippen MR) is 142 cm³/mol. The maximum absolute atomic E-state index is 14.5. The first-order chi connectivity index (χ1) is 18.8. The van der Waals surface area contributed by atoms with Crippen molar-refractivity contribution >= 4 is 23.3 Å². The number of aryl methyl sites for hydroxylation is 1. The second-order valence-corrected chi connectivity index (χ2v) is 9.53. The number of carbonyl (C=O) groups is 2. The summed E-state index contributed by atoms with van der Waals surface area (Å²) in [6.45, 7) is 3.72. The van der Waals surface area contributed by atoms with E-state index in [1.807, 2.05) is 0 Å². The van der Waals surface area contributed by atoms with Crippen LogP contribution < -0.4 is 20.1 Å². The Labute approximate surface area is 224 Å². The van der Waals surface area contributed by atoms with Gasteiger partial charge in [-0.15, -0.1) is 0 Å². The number of hydrogen-bond donors (Lipinski definition) is 2. The highest BCUT2D eigenvalue weighted by Crippen LogP contribution is 2.30. The van der Waals surface area contributed by atoms with E-state index in [9.17, 15) is 14.0 Å². The SMILES string of the molecule is COc1nc(C)c(-c2ccc3nc(NC(C)=O)cn3n2)cc1C(=O)NCc1cccc(F)c1OCC1CCC1. The van der Waals surface area contributed by atoms with E-state index in [4.69, 9.17) is 9.47 Å². The molecule has 0 aliphatic heterocycles. The van der Waals surface area contributed by atoms with Crippen LogP contribution in [0.4, 0.5) is 10.2 Å². The number of fused-ring (bicyclic) bond motifs is 1. The molecule has 1 fully saturated rings. The molecule has 10 nitrogen and oxygen atoms in total. The summed E-state index contributed by atoms with van der Waals surface area (Å²) in [6, 6.07) is 9.85. The number of imidazole rings is 1. The van der Waals surface area contributed by atoms with Crippen LogP contribution in [0.3, 0.4) is 0 Å². The summed E-state index contributed by atoms with van der Waals surface area (Å²) < 4.78 is 27.3. The van der Waals surface area contributed by atoms with Crippen LogP contribution in [0.15, 0.2) is 42.6 Å². The van der Waals surface area contributed by atoms with Crippen LogP contribution in [0.1, 0.15) is 47.8 Å². The molecule has 3 heterocycles. The summed E-state index contributed by atoms with van der Waals surface area (Å²) in [5, 5.41) is 10.1. The number of nitrogens with zero attached hydrogens (tertiary/aromatic N) is 4. The second-order valence-electron chi connectivity index (χ2n) is 9.53. The smallest absolute Gasteiger partial charge is 0.257 e. The van der Waals surface area contributed by atoms with Gasteiger partial charge in [-0.25, -0.2) is 18.9 Å². The molecule has 0 unspecified atom stereocenters. The Morgan fingerprint density at radius 3 is 2.72 bits per heavy atom. The van der Waals surface area contributed by atoms with Crippen LogP contribution in [0, 0.1) is 18.7 Å². The van der Waals surface area contributed by atoms with Crippen molar-refractivity contribution in [1.29, 1.82) is 0 Å². The summed E-state index contributed by atoms with van der Waals surface area (Å²) in [4.78, 5) is 33.4. The van der Waals surface area contributed by atoms with Crippen LogP contribution in [-0.2, 0) is 11.3 Å². The lowest BCUT2D eigenvalue weighted by atomic mass is 9.86. The molecule has 1 aliphatic rings. The first-order valence-electron chi connectivity index (χ1n) is 12.7. The Morgan fingerprint density at radius 2 is 2.00 bits per heavy atom. The zero-order chi connectivity index (χ0) is 27.5. The van der Waals surface area contributed by atoms with Gasteiger partial charge in [-0.2, -0.15) is 5.10 Å². The number of carbonyl (C=O) groups excluding carboxylic acids is 2. The van der Waals surface area contributed by atoms with Gasteiger partial charge in [0, 0.05) is 24.6 Å². The van der Waals surface area contributed by atoms with Crippen molar-refractivity contribution in [3.63, 3.8) is 0 Å². The molecule has 202 valence electrons. The van der Waals surface area contributed by atoms with E-state index < -0.39 is 11.7 Å². The minimum Gasteiger partial charge on any atom is -0.490 e. The third-order valence-corrected chi connectivity index (χ3v) is 6.69. The molecule has 1 saturated carbocycles. The normalized spacial score (nSPS) is 13.1. The van der Waals surface area contributed by atoms with Crippen molar-refractivity contribution in [2.45, 2.75) is 39.7 Å². The lowest BCUT2D eigenvalue weighted by molar-refractivity contribution is -0.114. The lowest BCUT2D eigenvalue weighted by Crippen LogP contribution is -2.25. The van der Waals surface area contributed by atoms with Crippen LogP contribution in [0.2, 0.25) is 0 Å². The maximum atomic E-state index is 14.5. The van der Waals surface area contributed by atoms with Crippen LogP contribution in [0.25, 0.3) is 16.9 Å². The molecule has 1 aromatic carbocycles. The van der Waals surface area contributed by atoms with E-state index in [0.29, 0.717) is 46.5 Å². The molecule has 2 N–H and O–H groups in total. The number of benzene rings is 1. The molecule has 0 radical (unpaired) electrons. The number of aromatic nitrogens is 4. The topological polar surface area (TPSA) is 120 Å². The molecule has 2 amide bonds. The Bertz CT molecular complexity index is 1550. The van der Waals surface area contributed by atoms with Gasteiger partial charge < -0.3 is 20.1 Å². The molecule has 0 bridgehead atoms. The van der Waals surface area contributed by atoms with Crippen molar-refractivity contribution in [2.24, 2.45) is 5.92 Å². The number of amides is 2. The van der Waals surface area contributed by atoms with E-state index in [0.717, 1.165) is 12.8 Å². The van der Waals surface area contributed by atoms with Crippen LogP contribution >= 0.6 is 0 Å². The number of para-hydroxylation sites is 1. The van der Waals surface area contributed by atoms with Gasteiger partial charge >= 0.3 is 0 Å². The van der Waals surface area contributed by atoms with Crippen molar-refractivity contribution in [3.05, 3.63) is 65.2 Å². The van der Waals surface area contributed by atoms with Crippen LogP contribution in [0.5, 0.6) is 11.6 Å². The quantitative estimate of drug-likeness (QED) is 0.330. The summed E-state index contributed by atoms with van der Waals surface area (Å²) in [5.41, 5.74) is 3.07. The van der Waals surface area contributed by atoms with E-state index in [1.54, 1.807) is 48.0 Å². The first kappa shape index (κ1) is 26.1. The fourth-order valence-electron chi connectivity index (χ4n) is 4.41. The number of pyridine rings is 1. The molecule has 5 rings (SSSR count). The minimum atomic E-state index is -0.458. The number of anilines is 1. The first-order valence-corrected chi connectivity index (χ1v) is 12.7. The summed E-state index contributed by atoms with van der Waals surface area (Å²) >= 11 is 0. The zero-order valence-electron chi connectivity index (χ0n) is 22.0. The molecule has 0 saturated heterocycles. The van der Waals surface area contributed by atoms with Gasteiger partial charge in [0.1, 0.15) is 5.56 Å². The van der Waals surface area contributed by atoms with E-state index in [2.05, 4.69) is 25.7 Å². The highest BCUT2D eigenvalue weighted by atomic mass is 19.1. The largest absolute Gasteiger partial charge is 0.490 e. The van der Waals surface area contributed by atoms with Crippen molar-refractivity contribution in [2.75, 3.05) is 19.0 Å². The van der Waals surface area contributed by atoms with Gasteiger partial charge in [-0.1, -0.05) is 18.6 Å². The molecule has 3 aromatic heterocycles. The third kappa shape index (κ3) is 5.66. The molecular formula is C28H29FN6O4. The molecule has 0 atom stereocenters.